The summed E-state index contributed by atoms with van der Waals surface area (Å²) in [5, 5.41) is 2.67. The third kappa shape index (κ3) is 3.20. The molecule has 0 saturated carbocycles. The second kappa shape index (κ2) is 5.97. The molecule has 4 heteroatoms. The second-order valence-corrected chi connectivity index (χ2v) is 5.03. The van der Waals surface area contributed by atoms with E-state index in [1.165, 1.54) is 0 Å². The summed E-state index contributed by atoms with van der Waals surface area (Å²) < 4.78 is 0. The average Bonchev–Trinajstić information content (AvgIpc) is 2.86. The zero-order valence-corrected chi connectivity index (χ0v) is 11.5. The minimum absolute atomic E-state index is 0.00852. The van der Waals surface area contributed by atoms with Crippen LogP contribution in [0.5, 0.6) is 0 Å². The predicted molar refractivity (Wildman–Crippen MR) is 74.2 cm³/mol. The smallest absolute Gasteiger partial charge is 0.237 e. The Morgan fingerprint density at radius 3 is 2.63 bits per heavy atom. The normalized spacial score (nSPS) is 19.4. The van der Waals surface area contributed by atoms with E-state index in [-0.39, 0.29) is 17.7 Å². The Bertz CT molecular complexity index is 468. The van der Waals surface area contributed by atoms with Crippen LogP contribution in [0.2, 0.25) is 0 Å². The van der Waals surface area contributed by atoms with Gasteiger partial charge in [0.2, 0.25) is 5.91 Å². The number of carbonyl (C=O) groups is 2. The molecule has 0 radical (unpaired) electrons. The number of amides is 1. The van der Waals surface area contributed by atoms with E-state index >= 15 is 0 Å². The van der Waals surface area contributed by atoms with Crippen LogP contribution in [0.4, 0.5) is 0 Å². The Morgan fingerprint density at radius 1 is 1.32 bits per heavy atom. The second-order valence-electron chi connectivity index (χ2n) is 5.03. The summed E-state index contributed by atoms with van der Waals surface area (Å²) in [6.07, 6.45) is 1.81. The molecule has 1 unspecified atom stereocenters. The van der Waals surface area contributed by atoms with Crippen molar-refractivity contribution in [3.63, 3.8) is 0 Å². The molecule has 1 aliphatic rings. The van der Waals surface area contributed by atoms with Gasteiger partial charge in [0.1, 0.15) is 0 Å². The fourth-order valence-corrected chi connectivity index (χ4v) is 2.49. The first-order chi connectivity index (χ1) is 9.11. The monoisotopic (exact) mass is 260 g/mol. The lowest BCUT2D eigenvalue weighted by Gasteiger charge is -2.22. The van der Waals surface area contributed by atoms with Crippen molar-refractivity contribution in [2.24, 2.45) is 0 Å². The highest BCUT2D eigenvalue weighted by Gasteiger charge is 2.31. The van der Waals surface area contributed by atoms with Crippen LogP contribution in [0.3, 0.4) is 0 Å². The van der Waals surface area contributed by atoms with Gasteiger partial charge in [-0.05, 0) is 26.3 Å². The zero-order valence-electron chi connectivity index (χ0n) is 11.5. The van der Waals surface area contributed by atoms with E-state index < -0.39 is 0 Å². The van der Waals surface area contributed by atoms with Gasteiger partial charge in [-0.25, -0.2) is 0 Å². The zero-order chi connectivity index (χ0) is 13.8. The Morgan fingerprint density at radius 2 is 2.00 bits per heavy atom. The molecule has 0 bridgehead atoms. The van der Waals surface area contributed by atoms with Crippen LogP contribution < -0.4 is 5.32 Å². The molecule has 1 saturated heterocycles. The summed E-state index contributed by atoms with van der Waals surface area (Å²) in [5.74, 6) is 0.0880. The van der Waals surface area contributed by atoms with E-state index in [0.29, 0.717) is 12.1 Å². The van der Waals surface area contributed by atoms with Gasteiger partial charge in [-0.3, -0.25) is 14.5 Å². The highest BCUT2D eigenvalue weighted by atomic mass is 16.2. The van der Waals surface area contributed by atoms with Gasteiger partial charge in [0, 0.05) is 12.6 Å². The van der Waals surface area contributed by atoms with Crippen molar-refractivity contribution in [2.75, 3.05) is 20.1 Å². The topological polar surface area (TPSA) is 49.4 Å². The van der Waals surface area contributed by atoms with Gasteiger partial charge >= 0.3 is 0 Å². The van der Waals surface area contributed by atoms with Crippen LogP contribution in [0, 0.1) is 6.92 Å². The van der Waals surface area contributed by atoms with Gasteiger partial charge < -0.3 is 5.32 Å². The molecule has 0 aromatic heterocycles. The van der Waals surface area contributed by atoms with E-state index in [1.807, 2.05) is 36.1 Å². The summed E-state index contributed by atoms with van der Waals surface area (Å²) in [5.41, 5.74) is 1.86. The Labute approximate surface area is 113 Å². The molecule has 1 atom stereocenters. The van der Waals surface area contributed by atoms with Crippen molar-refractivity contribution in [2.45, 2.75) is 25.8 Å². The largest absolute Gasteiger partial charge is 0.358 e. The van der Waals surface area contributed by atoms with E-state index in [1.54, 1.807) is 7.05 Å². The van der Waals surface area contributed by atoms with Crippen LogP contribution in [0.1, 0.15) is 28.8 Å². The number of likely N-dealkylation sites (tertiary alicyclic amines) is 1. The molecule has 4 nitrogen and oxygen atoms in total. The first-order valence-corrected chi connectivity index (χ1v) is 6.67. The maximum absolute atomic E-state index is 12.2. The number of hydrogen-bond donors (Lipinski definition) is 1. The van der Waals surface area contributed by atoms with Crippen LogP contribution >= 0.6 is 0 Å². The van der Waals surface area contributed by atoms with Gasteiger partial charge in [-0.2, -0.15) is 0 Å². The molecule has 2 rings (SSSR count). The molecule has 1 fully saturated rings. The van der Waals surface area contributed by atoms with Gasteiger partial charge in [0.05, 0.1) is 12.6 Å². The highest BCUT2D eigenvalue weighted by molar-refractivity contribution is 5.98. The molecule has 19 heavy (non-hydrogen) atoms. The molecule has 1 N–H and O–H groups in total. The van der Waals surface area contributed by atoms with E-state index in [0.717, 1.165) is 24.9 Å². The molecular formula is C15H20N2O2. The van der Waals surface area contributed by atoms with E-state index in [2.05, 4.69) is 5.32 Å². The van der Waals surface area contributed by atoms with Crippen molar-refractivity contribution in [3.8, 4) is 0 Å². The lowest BCUT2D eigenvalue weighted by molar-refractivity contribution is -0.124. The van der Waals surface area contributed by atoms with Gasteiger partial charge in [-0.15, -0.1) is 0 Å². The van der Waals surface area contributed by atoms with Crippen LogP contribution in [-0.4, -0.2) is 42.8 Å². The molecule has 1 aromatic rings. The van der Waals surface area contributed by atoms with Crippen molar-refractivity contribution in [1.29, 1.82) is 0 Å². The number of ketones is 1. The summed E-state index contributed by atoms with van der Waals surface area (Å²) >= 11 is 0. The van der Waals surface area contributed by atoms with Crippen molar-refractivity contribution in [3.05, 3.63) is 35.4 Å². The number of nitrogens with one attached hydrogen (secondary N) is 1. The molecular weight excluding hydrogens is 240 g/mol. The number of rotatable bonds is 4. The molecule has 0 aliphatic carbocycles. The van der Waals surface area contributed by atoms with Crippen LogP contribution in [-0.2, 0) is 4.79 Å². The Hall–Kier alpha value is -1.68. The fraction of sp³-hybridized carbons (Fsp3) is 0.467. The fourth-order valence-electron chi connectivity index (χ4n) is 2.49. The van der Waals surface area contributed by atoms with Crippen molar-refractivity contribution < 1.29 is 9.59 Å². The number of hydrogen-bond acceptors (Lipinski definition) is 3. The lowest BCUT2D eigenvalue weighted by Crippen LogP contribution is -2.43. The summed E-state index contributed by atoms with van der Waals surface area (Å²) in [4.78, 5) is 25.9. The van der Waals surface area contributed by atoms with Gasteiger partial charge in [0.25, 0.3) is 0 Å². The minimum atomic E-state index is -0.153. The third-order valence-electron chi connectivity index (χ3n) is 3.63. The summed E-state index contributed by atoms with van der Waals surface area (Å²) in [6.45, 7) is 3.13. The quantitative estimate of drug-likeness (QED) is 0.832. The first-order valence-electron chi connectivity index (χ1n) is 6.67. The molecule has 1 aliphatic heterocycles. The Kier molecular flexibility index (Phi) is 4.32. The molecule has 102 valence electrons. The molecule has 1 heterocycles. The Balaban J connectivity index is 2.02. The maximum atomic E-state index is 12.2. The summed E-state index contributed by atoms with van der Waals surface area (Å²) in [6, 6.07) is 7.42. The number of aryl methyl sites for hydroxylation is 1. The summed E-state index contributed by atoms with van der Waals surface area (Å²) in [7, 11) is 1.64. The molecule has 0 spiro atoms. The number of nitrogens with zero attached hydrogens (tertiary/aromatic N) is 1. The van der Waals surface area contributed by atoms with E-state index in [9.17, 15) is 9.59 Å². The number of likely N-dealkylation sites (N-methyl/N-ethyl adjacent to an activating group) is 1. The molecule has 1 aromatic carbocycles. The van der Waals surface area contributed by atoms with Crippen LogP contribution in [0.15, 0.2) is 24.3 Å². The highest BCUT2D eigenvalue weighted by Crippen LogP contribution is 2.18. The van der Waals surface area contributed by atoms with Gasteiger partial charge in [-0.1, -0.05) is 29.8 Å². The lowest BCUT2D eigenvalue weighted by atomic mass is 10.1. The predicted octanol–water partition coefficient (Wildman–Crippen LogP) is 1.39. The van der Waals surface area contributed by atoms with E-state index in [4.69, 9.17) is 0 Å². The minimum Gasteiger partial charge on any atom is -0.358 e. The third-order valence-corrected chi connectivity index (χ3v) is 3.63. The first kappa shape index (κ1) is 13.7. The number of Topliss-reactive ketones (excluding diaryl/α,β-unsaturated/α-hetero) is 1. The number of carbonyl (C=O) groups excluding carboxylic acids is 2. The SMILES string of the molecule is CNC(=O)C1CCCN1CC(=O)c1ccc(C)cc1. The number of benzene rings is 1. The molecule has 1 amide bonds. The van der Waals surface area contributed by atoms with Crippen LogP contribution in [0.25, 0.3) is 0 Å². The standard InChI is InChI=1S/C15H20N2O2/c1-11-5-7-12(8-6-11)14(18)10-17-9-3-4-13(17)15(19)16-2/h5-8,13H,3-4,9-10H2,1-2H3,(H,16,19). The maximum Gasteiger partial charge on any atom is 0.237 e. The van der Waals surface area contributed by atoms with Crippen molar-refractivity contribution in [1.82, 2.24) is 10.2 Å². The van der Waals surface area contributed by atoms with Crippen molar-refractivity contribution >= 4 is 11.7 Å². The average molecular weight is 260 g/mol. The van der Waals surface area contributed by atoms with Gasteiger partial charge in [0.15, 0.2) is 5.78 Å².